The molecule has 0 aliphatic rings. The summed E-state index contributed by atoms with van der Waals surface area (Å²) in [5.41, 5.74) is 0.317. The summed E-state index contributed by atoms with van der Waals surface area (Å²) in [6.07, 6.45) is -0.532. The first-order chi connectivity index (χ1) is 9.65. The Balaban J connectivity index is 2.99. The molecule has 0 saturated carbocycles. The normalized spacial score (nSPS) is 12.6. The molecule has 1 aromatic carbocycles. The first kappa shape index (κ1) is 17.0. The maximum Gasteiger partial charge on any atom is 0.414 e. The predicted octanol–water partition coefficient (Wildman–Crippen LogP) is 2.22. The number of anilines is 1. The van der Waals surface area contributed by atoms with Gasteiger partial charge in [0, 0.05) is 12.7 Å². The van der Waals surface area contributed by atoms with E-state index in [1.54, 1.807) is 52.1 Å². The Bertz CT molecular complexity index is 521. The van der Waals surface area contributed by atoms with Gasteiger partial charge in [0.2, 0.25) is 0 Å². The van der Waals surface area contributed by atoms with Crippen LogP contribution in [0.2, 0.25) is 0 Å². The molecule has 0 fully saturated rings. The van der Waals surface area contributed by atoms with Crippen molar-refractivity contribution in [1.29, 1.82) is 0 Å². The lowest BCUT2D eigenvalue weighted by Gasteiger charge is -2.25. The third-order valence-electron chi connectivity index (χ3n) is 2.81. The van der Waals surface area contributed by atoms with E-state index in [2.05, 4.69) is 0 Å². The van der Waals surface area contributed by atoms with Crippen molar-refractivity contribution in [1.82, 2.24) is 0 Å². The van der Waals surface area contributed by atoms with Crippen LogP contribution in [0, 0.1) is 0 Å². The lowest BCUT2D eigenvalue weighted by Crippen LogP contribution is -2.34. The van der Waals surface area contributed by atoms with Crippen LogP contribution in [0.3, 0.4) is 0 Å². The van der Waals surface area contributed by atoms with Crippen LogP contribution in [0.1, 0.15) is 32.3 Å². The van der Waals surface area contributed by atoms with Crippen LogP contribution in [0.25, 0.3) is 0 Å². The van der Waals surface area contributed by atoms with Gasteiger partial charge in [0.15, 0.2) is 0 Å². The maximum atomic E-state index is 12.0. The molecule has 0 bridgehead atoms. The number of rotatable bonds is 4. The average molecular weight is 295 g/mol. The summed E-state index contributed by atoms with van der Waals surface area (Å²) in [4.78, 5) is 24.3. The standard InChI is InChI=1S/C15H21NO5/c1-15(2,3)21-14(20)16(4)11-7-5-6-10(8-11)12(9-17)13(18)19/h5-8,12,17H,9H2,1-4H3,(H,18,19). The fourth-order valence-corrected chi connectivity index (χ4v) is 1.71. The van der Waals surface area contributed by atoms with Gasteiger partial charge in [0.1, 0.15) is 11.5 Å². The number of amides is 1. The minimum Gasteiger partial charge on any atom is -0.481 e. The molecule has 0 spiro atoms. The van der Waals surface area contributed by atoms with Crippen molar-refractivity contribution in [3.05, 3.63) is 29.8 Å². The van der Waals surface area contributed by atoms with Crippen LogP contribution in [-0.4, -0.2) is 41.5 Å². The number of carbonyl (C=O) groups is 2. The fourth-order valence-electron chi connectivity index (χ4n) is 1.71. The van der Waals surface area contributed by atoms with Gasteiger partial charge in [-0.3, -0.25) is 9.69 Å². The number of aliphatic hydroxyl groups excluding tert-OH is 1. The number of carbonyl (C=O) groups excluding carboxylic acids is 1. The van der Waals surface area contributed by atoms with Crippen molar-refractivity contribution in [3.63, 3.8) is 0 Å². The minimum atomic E-state index is -1.12. The molecule has 6 nitrogen and oxygen atoms in total. The Kier molecular flexibility index (Phi) is 5.32. The highest BCUT2D eigenvalue weighted by atomic mass is 16.6. The highest BCUT2D eigenvalue weighted by Gasteiger charge is 2.23. The molecular formula is C15H21NO5. The summed E-state index contributed by atoms with van der Waals surface area (Å²) in [7, 11) is 1.54. The number of ether oxygens (including phenoxy) is 1. The molecule has 1 amide bonds. The van der Waals surface area contributed by atoms with Crippen LogP contribution < -0.4 is 4.90 Å². The third kappa shape index (κ3) is 4.75. The molecule has 0 aliphatic carbocycles. The summed E-state index contributed by atoms with van der Waals surface area (Å²) in [6.45, 7) is 4.79. The Morgan fingerprint density at radius 2 is 1.95 bits per heavy atom. The van der Waals surface area contributed by atoms with Gasteiger partial charge in [0.05, 0.1) is 6.61 Å². The van der Waals surface area contributed by atoms with Crippen molar-refractivity contribution < 1.29 is 24.5 Å². The number of hydrogen-bond acceptors (Lipinski definition) is 4. The van der Waals surface area contributed by atoms with E-state index in [1.165, 1.54) is 4.90 Å². The fraction of sp³-hybridized carbons (Fsp3) is 0.467. The molecule has 116 valence electrons. The second-order valence-corrected chi connectivity index (χ2v) is 5.71. The van der Waals surface area contributed by atoms with Gasteiger partial charge in [-0.05, 0) is 38.5 Å². The highest BCUT2D eigenvalue weighted by Crippen LogP contribution is 2.23. The first-order valence-corrected chi connectivity index (χ1v) is 6.56. The Morgan fingerprint density at radius 1 is 1.33 bits per heavy atom. The highest BCUT2D eigenvalue weighted by molar-refractivity contribution is 5.87. The van der Waals surface area contributed by atoms with Crippen LogP contribution in [0.4, 0.5) is 10.5 Å². The number of benzene rings is 1. The molecule has 1 aromatic rings. The first-order valence-electron chi connectivity index (χ1n) is 6.56. The van der Waals surface area contributed by atoms with Crippen molar-refractivity contribution in [3.8, 4) is 0 Å². The SMILES string of the molecule is CN(C(=O)OC(C)(C)C)c1cccc(C(CO)C(=O)O)c1. The smallest absolute Gasteiger partial charge is 0.414 e. The van der Waals surface area contributed by atoms with E-state index < -0.39 is 30.2 Å². The van der Waals surface area contributed by atoms with E-state index in [0.29, 0.717) is 11.3 Å². The molecule has 0 aromatic heterocycles. The third-order valence-corrected chi connectivity index (χ3v) is 2.81. The van der Waals surface area contributed by atoms with Crippen molar-refractivity contribution in [2.24, 2.45) is 0 Å². The number of carboxylic acid groups (broad SMARTS) is 1. The lowest BCUT2D eigenvalue weighted by atomic mass is 9.99. The van der Waals surface area contributed by atoms with Crippen LogP contribution in [-0.2, 0) is 9.53 Å². The van der Waals surface area contributed by atoms with Crippen molar-refractivity contribution in [2.75, 3.05) is 18.6 Å². The lowest BCUT2D eigenvalue weighted by molar-refractivity contribution is -0.139. The van der Waals surface area contributed by atoms with Gasteiger partial charge in [-0.25, -0.2) is 4.79 Å². The van der Waals surface area contributed by atoms with E-state index in [0.717, 1.165) is 0 Å². The van der Waals surface area contributed by atoms with Gasteiger partial charge < -0.3 is 14.9 Å². The quantitative estimate of drug-likeness (QED) is 0.889. The molecule has 1 atom stereocenters. The van der Waals surface area contributed by atoms with Crippen molar-refractivity contribution >= 4 is 17.7 Å². The molecule has 21 heavy (non-hydrogen) atoms. The van der Waals surface area contributed by atoms with Gasteiger partial charge >= 0.3 is 12.1 Å². The molecule has 0 saturated heterocycles. The van der Waals surface area contributed by atoms with Crippen LogP contribution in [0.15, 0.2) is 24.3 Å². The molecule has 1 unspecified atom stereocenters. The molecule has 2 N–H and O–H groups in total. The van der Waals surface area contributed by atoms with Gasteiger partial charge in [-0.1, -0.05) is 12.1 Å². The summed E-state index contributed by atoms with van der Waals surface area (Å²) < 4.78 is 5.25. The summed E-state index contributed by atoms with van der Waals surface area (Å²) in [6, 6.07) is 6.46. The van der Waals surface area contributed by atoms with E-state index in [1.807, 2.05) is 0 Å². The second-order valence-electron chi connectivity index (χ2n) is 5.71. The summed E-state index contributed by atoms with van der Waals surface area (Å²) in [5.74, 6) is -2.13. The monoisotopic (exact) mass is 295 g/mol. The average Bonchev–Trinajstić information content (AvgIpc) is 2.36. The number of aliphatic hydroxyl groups is 1. The summed E-state index contributed by atoms with van der Waals surface area (Å²) >= 11 is 0. The molecule has 0 radical (unpaired) electrons. The van der Waals surface area contributed by atoms with Gasteiger partial charge in [0.25, 0.3) is 0 Å². The predicted molar refractivity (Wildman–Crippen MR) is 78.5 cm³/mol. The Labute approximate surface area is 124 Å². The molecule has 0 heterocycles. The van der Waals surface area contributed by atoms with E-state index in [-0.39, 0.29) is 0 Å². The van der Waals surface area contributed by atoms with Crippen molar-refractivity contribution in [2.45, 2.75) is 32.3 Å². The zero-order valence-electron chi connectivity index (χ0n) is 12.7. The Hall–Kier alpha value is -2.08. The number of carboxylic acids is 1. The molecule has 6 heteroatoms. The van der Waals surface area contributed by atoms with E-state index in [4.69, 9.17) is 14.9 Å². The molecule has 1 rings (SSSR count). The van der Waals surface area contributed by atoms with E-state index >= 15 is 0 Å². The van der Waals surface area contributed by atoms with Crippen LogP contribution >= 0.6 is 0 Å². The zero-order valence-corrected chi connectivity index (χ0v) is 12.7. The van der Waals surface area contributed by atoms with Gasteiger partial charge in [-0.2, -0.15) is 0 Å². The number of nitrogens with zero attached hydrogens (tertiary/aromatic N) is 1. The van der Waals surface area contributed by atoms with Crippen LogP contribution in [0.5, 0.6) is 0 Å². The Morgan fingerprint density at radius 3 is 2.43 bits per heavy atom. The number of aliphatic carboxylic acids is 1. The maximum absolute atomic E-state index is 12.0. The van der Waals surface area contributed by atoms with Gasteiger partial charge in [-0.15, -0.1) is 0 Å². The zero-order chi connectivity index (χ0) is 16.2. The largest absolute Gasteiger partial charge is 0.481 e. The minimum absolute atomic E-state index is 0.429. The number of hydrogen-bond donors (Lipinski definition) is 2. The summed E-state index contributed by atoms with van der Waals surface area (Å²) in [5, 5.41) is 18.2. The second kappa shape index (κ2) is 6.58. The van der Waals surface area contributed by atoms with E-state index in [9.17, 15) is 9.59 Å². The topological polar surface area (TPSA) is 87.1 Å². The molecular weight excluding hydrogens is 274 g/mol. The molecule has 0 aliphatic heterocycles.